The first kappa shape index (κ1) is 17.4. The lowest BCUT2D eigenvalue weighted by Gasteiger charge is -2.25. The van der Waals surface area contributed by atoms with Crippen LogP contribution in [0.3, 0.4) is 0 Å². The van der Waals surface area contributed by atoms with Crippen molar-refractivity contribution in [2.45, 2.75) is 44.2 Å². The van der Waals surface area contributed by atoms with Crippen molar-refractivity contribution in [2.75, 3.05) is 17.7 Å². The van der Waals surface area contributed by atoms with Gasteiger partial charge in [0.2, 0.25) is 0 Å². The number of nitrogens with one attached hydrogen (secondary N) is 2. The number of amides is 1. The number of carbonyl (C=O) groups is 1. The third-order valence-corrected chi connectivity index (χ3v) is 4.52. The average Bonchev–Trinajstić information content (AvgIpc) is 2.88. The van der Waals surface area contributed by atoms with Gasteiger partial charge < -0.3 is 15.4 Å². The van der Waals surface area contributed by atoms with E-state index in [1.807, 2.05) is 30.3 Å². The van der Waals surface area contributed by atoms with Crippen LogP contribution in [-0.4, -0.2) is 35.4 Å². The molecule has 1 aliphatic rings. The van der Waals surface area contributed by atoms with Crippen LogP contribution in [0, 0.1) is 0 Å². The van der Waals surface area contributed by atoms with Crippen molar-refractivity contribution in [1.29, 1.82) is 0 Å². The van der Waals surface area contributed by atoms with E-state index in [-0.39, 0.29) is 18.1 Å². The highest BCUT2D eigenvalue weighted by atomic mass is 16.5. The quantitative estimate of drug-likeness (QED) is 0.815. The van der Waals surface area contributed by atoms with Gasteiger partial charge in [-0.2, -0.15) is 0 Å². The van der Waals surface area contributed by atoms with E-state index in [4.69, 9.17) is 4.74 Å². The summed E-state index contributed by atoms with van der Waals surface area (Å²) >= 11 is 0. The van der Waals surface area contributed by atoms with Gasteiger partial charge in [-0.1, -0.05) is 37.5 Å². The summed E-state index contributed by atoms with van der Waals surface area (Å²) in [6.07, 6.45) is 5.91. The van der Waals surface area contributed by atoms with Gasteiger partial charge in [0.15, 0.2) is 5.69 Å². The van der Waals surface area contributed by atoms with Gasteiger partial charge in [0.25, 0.3) is 5.91 Å². The van der Waals surface area contributed by atoms with Gasteiger partial charge in [-0.15, -0.1) is 10.2 Å². The number of benzene rings is 1. The number of aromatic nitrogens is 2. The molecule has 2 aromatic rings. The fourth-order valence-corrected chi connectivity index (χ4v) is 3.16. The van der Waals surface area contributed by atoms with E-state index in [1.165, 1.54) is 19.3 Å². The SMILES string of the molecule is COC1CCCCCC1Nc1ccc(C(=O)Nc2ccccc2)nn1. The molecule has 0 spiro atoms. The first-order valence-electron chi connectivity index (χ1n) is 8.76. The molecule has 6 heteroatoms. The van der Waals surface area contributed by atoms with Gasteiger partial charge in [-0.25, -0.2) is 0 Å². The maximum atomic E-state index is 12.2. The summed E-state index contributed by atoms with van der Waals surface area (Å²) in [6.45, 7) is 0. The van der Waals surface area contributed by atoms with E-state index >= 15 is 0 Å². The predicted molar refractivity (Wildman–Crippen MR) is 97.7 cm³/mol. The van der Waals surface area contributed by atoms with Crippen LogP contribution in [0.1, 0.15) is 42.6 Å². The Kier molecular flexibility index (Phi) is 5.95. The molecule has 1 saturated carbocycles. The molecule has 0 bridgehead atoms. The Morgan fingerprint density at radius 1 is 1.04 bits per heavy atom. The number of ether oxygens (including phenoxy) is 1. The Bertz CT molecular complexity index is 676. The molecule has 3 rings (SSSR count). The van der Waals surface area contributed by atoms with Crippen LogP contribution in [-0.2, 0) is 4.74 Å². The van der Waals surface area contributed by atoms with Crippen molar-refractivity contribution in [2.24, 2.45) is 0 Å². The van der Waals surface area contributed by atoms with E-state index < -0.39 is 0 Å². The standard InChI is InChI=1S/C19H24N4O2/c1-25-17-11-7-3-6-10-15(17)21-18-13-12-16(22-23-18)19(24)20-14-8-4-2-5-9-14/h2,4-5,8-9,12-13,15,17H,3,6-7,10-11H2,1H3,(H,20,24)(H,21,23). The number of hydrogen-bond acceptors (Lipinski definition) is 5. The second-order valence-electron chi connectivity index (χ2n) is 6.29. The Morgan fingerprint density at radius 3 is 2.56 bits per heavy atom. The lowest BCUT2D eigenvalue weighted by atomic mass is 10.1. The minimum atomic E-state index is -0.269. The molecular formula is C19H24N4O2. The molecular weight excluding hydrogens is 316 g/mol. The second kappa shape index (κ2) is 8.58. The summed E-state index contributed by atoms with van der Waals surface area (Å²) in [5, 5.41) is 14.4. The molecule has 1 aromatic heterocycles. The minimum absolute atomic E-state index is 0.186. The summed E-state index contributed by atoms with van der Waals surface area (Å²) in [4.78, 5) is 12.2. The number of rotatable bonds is 5. The molecule has 0 aliphatic heterocycles. The summed E-state index contributed by atoms with van der Waals surface area (Å²) < 4.78 is 5.61. The molecule has 132 valence electrons. The monoisotopic (exact) mass is 340 g/mol. The molecule has 1 aliphatic carbocycles. The van der Waals surface area contributed by atoms with Gasteiger partial charge in [-0.05, 0) is 37.1 Å². The number of nitrogens with zero attached hydrogens (tertiary/aromatic N) is 2. The zero-order valence-corrected chi connectivity index (χ0v) is 14.4. The summed E-state index contributed by atoms with van der Waals surface area (Å²) in [7, 11) is 1.76. The van der Waals surface area contributed by atoms with Crippen LogP contribution < -0.4 is 10.6 Å². The van der Waals surface area contributed by atoms with Gasteiger partial charge >= 0.3 is 0 Å². The van der Waals surface area contributed by atoms with E-state index in [1.54, 1.807) is 19.2 Å². The Morgan fingerprint density at radius 2 is 1.84 bits per heavy atom. The fourth-order valence-electron chi connectivity index (χ4n) is 3.16. The highest BCUT2D eigenvalue weighted by Crippen LogP contribution is 2.22. The Labute approximate surface area is 148 Å². The number of anilines is 2. The van der Waals surface area contributed by atoms with Crippen molar-refractivity contribution in [3.63, 3.8) is 0 Å². The Hall–Kier alpha value is -2.47. The maximum Gasteiger partial charge on any atom is 0.276 e. The van der Waals surface area contributed by atoms with Gasteiger partial charge in [0.1, 0.15) is 5.82 Å². The highest BCUT2D eigenvalue weighted by molar-refractivity contribution is 6.02. The maximum absolute atomic E-state index is 12.2. The van der Waals surface area contributed by atoms with Gasteiger partial charge in [0, 0.05) is 12.8 Å². The van der Waals surface area contributed by atoms with E-state index in [9.17, 15) is 4.79 Å². The van der Waals surface area contributed by atoms with Crippen molar-refractivity contribution in [1.82, 2.24) is 10.2 Å². The topological polar surface area (TPSA) is 76.1 Å². The average molecular weight is 340 g/mol. The normalized spacial score (nSPS) is 20.5. The van der Waals surface area contributed by atoms with E-state index in [0.717, 1.165) is 18.5 Å². The third-order valence-electron chi connectivity index (χ3n) is 4.52. The van der Waals surface area contributed by atoms with E-state index in [2.05, 4.69) is 20.8 Å². The van der Waals surface area contributed by atoms with Crippen LogP contribution in [0.15, 0.2) is 42.5 Å². The molecule has 1 amide bonds. The molecule has 2 atom stereocenters. The van der Waals surface area contributed by atoms with Crippen molar-refractivity contribution >= 4 is 17.4 Å². The fraction of sp³-hybridized carbons (Fsp3) is 0.421. The second-order valence-corrected chi connectivity index (χ2v) is 6.29. The van der Waals surface area contributed by atoms with E-state index in [0.29, 0.717) is 11.5 Å². The van der Waals surface area contributed by atoms with Crippen LogP contribution >= 0.6 is 0 Å². The molecule has 0 saturated heterocycles. The Balaban J connectivity index is 1.62. The number of methoxy groups -OCH3 is 1. The molecule has 25 heavy (non-hydrogen) atoms. The first-order chi connectivity index (χ1) is 12.3. The van der Waals surface area contributed by atoms with Crippen LogP contribution in [0.2, 0.25) is 0 Å². The predicted octanol–water partition coefficient (Wildman–Crippen LogP) is 3.49. The molecule has 2 N–H and O–H groups in total. The van der Waals surface area contributed by atoms with Crippen molar-refractivity contribution in [3.05, 3.63) is 48.2 Å². The molecule has 6 nitrogen and oxygen atoms in total. The number of para-hydroxylation sites is 1. The first-order valence-corrected chi connectivity index (χ1v) is 8.76. The highest BCUT2D eigenvalue weighted by Gasteiger charge is 2.23. The summed E-state index contributed by atoms with van der Waals surface area (Å²) in [5.74, 6) is 0.402. The van der Waals surface area contributed by atoms with Crippen molar-refractivity contribution < 1.29 is 9.53 Å². The third kappa shape index (κ3) is 4.76. The van der Waals surface area contributed by atoms with Gasteiger partial charge in [0.05, 0.1) is 12.1 Å². The summed E-state index contributed by atoms with van der Waals surface area (Å²) in [6, 6.07) is 13.0. The van der Waals surface area contributed by atoms with Crippen LogP contribution in [0.4, 0.5) is 11.5 Å². The molecule has 1 aromatic carbocycles. The number of hydrogen-bond donors (Lipinski definition) is 2. The zero-order chi connectivity index (χ0) is 17.5. The lowest BCUT2D eigenvalue weighted by molar-refractivity contribution is 0.0805. The summed E-state index contributed by atoms with van der Waals surface area (Å²) in [5.41, 5.74) is 1.02. The molecule has 1 fully saturated rings. The molecule has 0 radical (unpaired) electrons. The minimum Gasteiger partial charge on any atom is -0.379 e. The number of carbonyl (C=O) groups excluding carboxylic acids is 1. The van der Waals surface area contributed by atoms with Crippen LogP contribution in [0.25, 0.3) is 0 Å². The molecule has 1 heterocycles. The molecule has 2 unspecified atom stereocenters. The smallest absolute Gasteiger partial charge is 0.276 e. The van der Waals surface area contributed by atoms with Crippen molar-refractivity contribution in [3.8, 4) is 0 Å². The zero-order valence-electron chi connectivity index (χ0n) is 14.4. The van der Waals surface area contributed by atoms with Crippen LogP contribution in [0.5, 0.6) is 0 Å². The van der Waals surface area contributed by atoms with Gasteiger partial charge in [-0.3, -0.25) is 4.79 Å². The lowest BCUT2D eigenvalue weighted by Crippen LogP contribution is -2.34. The largest absolute Gasteiger partial charge is 0.379 e.